The van der Waals surface area contributed by atoms with E-state index >= 15 is 0 Å². The number of ether oxygens (including phenoxy) is 1. The molecule has 1 N–H and O–H groups in total. The first-order valence-electron chi connectivity index (χ1n) is 9.99. The summed E-state index contributed by atoms with van der Waals surface area (Å²) in [6.07, 6.45) is 0.895. The van der Waals surface area contributed by atoms with Crippen LogP contribution in [0, 0.1) is 13.8 Å². The van der Waals surface area contributed by atoms with Crippen LogP contribution in [0.15, 0.2) is 47.5 Å². The number of aliphatic imine (C=N–C) groups is 1. The van der Waals surface area contributed by atoms with E-state index in [-0.39, 0.29) is 18.2 Å². The number of benzene rings is 2. The van der Waals surface area contributed by atoms with Gasteiger partial charge in [0.15, 0.2) is 5.17 Å². The zero-order valence-electron chi connectivity index (χ0n) is 17.8. The number of amides is 2. The molecule has 1 atom stereocenters. The van der Waals surface area contributed by atoms with Crippen LogP contribution in [0.3, 0.4) is 0 Å². The highest BCUT2D eigenvalue weighted by atomic mass is 32.2. The highest BCUT2D eigenvalue weighted by Crippen LogP contribution is 2.33. The van der Waals surface area contributed by atoms with Crippen LogP contribution in [0.2, 0.25) is 0 Å². The second kappa shape index (κ2) is 9.80. The Bertz CT molecular complexity index is 954. The third kappa shape index (κ3) is 5.21. The molecule has 1 aliphatic rings. The number of carbonyl (C=O) groups is 2. The summed E-state index contributed by atoms with van der Waals surface area (Å²) in [6.45, 7) is 6.66. The van der Waals surface area contributed by atoms with E-state index in [2.05, 4.69) is 11.4 Å². The monoisotopic (exact) mass is 425 g/mol. The van der Waals surface area contributed by atoms with Gasteiger partial charge in [-0.2, -0.15) is 0 Å². The van der Waals surface area contributed by atoms with Gasteiger partial charge >= 0.3 is 0 Å². The number of methoxy groups -OCH3 is 1. The summed E-state index contributed by atoms with van der Waals surface area (Å²) in [4.78, 5) is 32.0. The van der Waals surface area contributed by atoms with E-state index in [4.69, 9.17) is 9.73 Å². The molecule has 7 heteroatoms. The summed E-state index contributed by atoms with van der Waals surface area (Å²) < 4.78 is 5.27. The molecule has 0 bridgehead atoms. The van der Waals surface area contributed by atoms with E-state index < -0.39 is 5.25 Å². The first-order valence-corrected chi connectivity index (χ1v) is 10.9. The van der Waals surface area contributed by atoms with Crippen molar-refractivity contribution in [1.29, 1.82) is 0 Å². The lowest BCUT2D eigenvalue weighted by atomic mass is 10.1. The van der Waals surface area contributed by atoms with Crippen LogP contribution >= 0.6 is 11.8 Å². The summed E-state index contributed by atoms with van der Waals surface area (Å²) in [5.74, 6) is 0.288. The largest absolute Gasteiger partial charge is 0.495 e. The van der Waals surface area contributed by atoms with Gasteiger partial charge in [0.05, 0.1) is 18.5 Å². The zero-order valence-corrected chi connectivity index (χ0v) is 18.6. The van der Waals surface area contributed by atoms with Gasteiger partial charge in [0, 0.05) is 13.0 Å². The normalized spacial score (nSPS) is 17.5. The number of hydrogen-bond donors (Lipinski definition) is 1. The topological polar surface area (TPSA) is 71.0 Å². The lowest BCUT2D eigenvalue weighted by Gasteiger charge is -2.15. The Labute approximate surface area is 181 Å². The Morgan fingerprint density at radius 3 is 2.57 bits per heavy atom. The Morgan fingerprint density at radius 2 is 1.90 bits per heavy atom. The number of thioether (sulfide) groups is 1. The van der Waals surface area contributed by atoms with Gasteiger partial charge in [-0.25, -0.2) is 4.99 Å². The van der Waals surface area contributed by atoms with Crippen molar-refractivity contribution in [2.45, 2.75) is 38.9 Å². The molecule has 1 saturated heterocycles. The van der Waals surface area contributed by atoms with Crippen molar-refractivity contribution in [3.63, 3.8) is 0 Å². The molecule has 1 aliphatic heterocycles. The zero-order chi connectivity index (χ0) is 21.7. The lowest BCUT2D eigenvalue weighted by molar-refractivity contribution is -0.128. The number of nitrogens with one attached hydrogen (secondary N) is 1. The molecule has 0 aromatic heterocycles. The summed E-state index contributed by atoms with van der Waals surface area (Å²) >= 11 is 1.36. The number of aryl methyl sites for hydroxylation is 2. The predicted molar refractivity (Wildman–Crippen MR) is 123 cm³/mol. The number of para-hydroxylation sites is 2. The van der Waals surface area contributed by atoms with Gasteiger partial charge < -0.3 is 10.1 Å². The van der Waals surface area contributed by atoms with Gasteiger partial charge in [-0.15, -0.1) is 0 Å². The van der Waals surface area contributed by atoms with Crippen molar-refractivity contribution >= 4 is 40.1 Å². The van der Waals surface area contributed by atoms with Crippen molar-refractivity contribution in [2.24, 2.45) is 4.99 Å². The number of nitrogens with zero attached hydrogens (tertiary/aromatic N) is 2. The number of rotatable bonds is 7. The maximum atomic E-state index is 13.0. The van der Waals surface area contributed by atoms with E-state index in [0.29, 0.717) is 23.1 Å². The highest BCUT2D eigenvalue weighted by molar-refractivity contribution is 8.15. The van der Waals surface area contributed by atoms with Gasteiger partial charge in [0.25, 0.3) is 0 Å². The van der Waals surface area contributed by atoms with E-state index in [1.54, 1.807) is 24.1 Å². The molecule has 30 heavy (non-hydrogen) atoms. The predicted octanol–water partition coefficient (Wildman–Crippen LogP) is 4.68. The summed E-state index contributed by atoms with van der Waals surface area (Å²) in [5.41, 5.74) is 3.66. The van der Waals surface area contributed by atoms with Crippen LogP contribution in [-0.4, -0.2) is 40.8 Å². The molecule has 6 nitrogen and oxygen atoms in total. The average Bonchev–Trinajstić information content (AvgIpc) is 2.96. The lowest BCUT2D eigenvalue weighted by Crippen LogP contribution is -2.34. The molecule has 0 radical (unpaired) electrons. The van der Waals surface area contributed by atoms with E-state index in [0.717, 1.165) is 23.2 Å². The van der Waals surface area contributed by atoms with Crippen molar-refractivity contribution in [2.75, 3.05) is 19.0 Å². The second-order valence-corrected chi connectivity index (χ2v) is 8.46. The molecular formula is C23H27N3O3S. The Kier molecular flexibility index (Phi) is 7.15. The average molecular weight is 426 g/mol. The minimum absolute atomic E-state index is 0.0693. The molecule has 2 amide bonds. The van der Waals surface area contributed by atoms with Crippen LogP contribution in [0.4, 0.5) is 11.4 Å². The minimum Gasteiger partial charge on any atom is -0.495 e. The molecule has 158 valence electrons. The fourth-order valence-corrected chi connectivity index (χ4v) is 4.58. The first-order chi connectivity index (χ1) is 14.4. The van der Waals surface area contributed by atoms with Gasteiger partial charge in [0.1, 0.15) is 11.0 Å². The van der Waals surface area contributed by atoms with Crippen LogP contribution in [0.1, 0.15) is 30.9 Å². The Hall–Kier alpha value is -2.80. The molecule has 0 spiro atoms. The summed E-state index contributed by atoms with van der Waals surface area (Å²) in [5, 5.41) is 3.01. The molecular weight excluding hydrogens is 398 g/mol. The molecule has 2 aromatic carbocycles. The number of anilines is 1. The third-order valence-electron chi connectivity index (χ3n) is 4.65. The third-order valence-corrected chi connectivity index (χ3v) is 5.83. The SMILES string of the molecule is CCCN1C(=O)C(CC(=O)Nc2ccccc2OC)SC1=Nc1cc(C)cc(C)c1. The minimum atomic E-state index is -0.490. The summed E-state index contributed by atoms with van der Waals surface area (Å²) in [7, 11) is 1.56. The Balaban J connectivity index is 1.76. The van der Waals surface area contributed by atoms with Gasteiger partial charge in [-0.05, 0) is 55.7 Å². The van der Waals surface area contributed by atoms with Crippen molar-refractivity contribution in [3.8, 4) is 5.75 Å². The van der Waals surface area contributed by atoms with Gasteiger partial charge in [-0.3, -0.25) is 14.5 Å². The maximum Gasteiger partial charge on any atom is 0.242 e. The maximum absolute atomic E-state index is 13.0. The quantitative estimate of drug-likeness (QED) is 0.699. The fraction of sp³-hybridized carbons (Fsp3) is 0.348. The van der Waals surface area contributed by atoms with E-state index in [9.17, 15) is 9.59 Å². The molecule has 1 heterocycles. The molecule has 1 unspecified atom stereocenters. The smallest absolute Gasteiger partial charge is 0.242 e. The van der Waals surface area contributed by atoms with Crippen LogP contribution in [0.25, 0.3) is 0 Å². The molecule has 3 rings (SSSR count). The van der Waals surface area contributed by atoms with E-state index in [1.165, 1.54) is 11.8 Å². The number of amidine groups is 1. The highest BCUT2D eigenvalue weighted by Gasteiger charge is 2.38. The van der Waals surface area contributed by atoms with Crippen LogP contribution in [0.5, 0.6) is 5.75 Å². The number of carbonyl (C=O) groups excluding carboxylic acids is 2. The van der Waals surface area contributed by atoms with Crippen molar-refractivity contribution < 1.29 is 14.3 Å². The van der Waals surface area contributed by atoms with Crippen molar-refractivity contribution in [1.82, 2.24) is 4.90 Å². The van der Waals surface area contributed by atoms with Gasteiger partial charge in [-0.1, -0.05) is 36.9 Å². The molecule has 2 aromatic rings. The second-order valence-electron chi connectivity index (χ2n) is 7.29. The number of hydrogen-bond acceptors (Lipinski definition) is 5. The van der Waals surface area contributed by atoms with Crippen LogP contribution < -0.4 is 10.1 Å². The molecule has 0 saturated carbocycles. The Morgan fingerprint density at radius 1 is 1.20 bits per heavy atom. The molecule has 1 fully saturated rings. The van der Waals surface area contributed by atoms with E-state index in [1.807, 2.05) is 45.0 Å². The van der Waals surface area contributed by atoms with Gasteiger partial charge in [0.2, 0.25) is 11.8 Å². The standard InChI is InChI=1S/C23H27N3O3S/c1-5-10-26-22(28)20(14-21(27)25-18-8-6-7-9-19(18)29-4)30-23(26)24-17-12-15(2)11-16(3)13-17/h6-9,11-13,20H,5,10,14H2,1-4H3,(H,25,27). The van der Waals surface area contributed by atoms with Crippen molar-refractivity contribution in [3.05, 3.63) is 53.6 Å². The summed E-state index contributed by atoms with van der Waals surface area (Å²) in [6, 6.07) is 13.3. The van der Waals surface area contributed by atoms with Crippen LogP contribution in [-0.2, 0) is 9.59 Å². The first kappa shape index (κ1) is 21.9. The molecule has 0 aliphatic carbocycles. The fourth-order valence-electron chi connectivity index (χ4n) is 3.40.